The first-order valence-corrected chi connectivity index (χ1v) is 16.5. The highest BCUT2D eigenvalue weighted by Gasteiger charge is 2.50. The Morgan fingerprint density at radius 3 is 2.58 bits per heavy atom. The van der Waals surface area contributed by atoms with Gasteiger partial charge in [-0.2, -0.15) is 0 Å². The van der Waals surface area contributed by atoms with Gasteiger partial charge < -0.3 is 9.64 Å². The molecule has 2 heterocycles. The molecule has 43 heavy (non-hydrogen) atoms. The van der Waals surface area contributed by atoms with Crippen LogP contribution < -0.4 is 14.9 Å². The zero-order valence-electron chi connectivity index (χ0n) is 23.6. The molecule has 0 spiro atoms. The molecule has 0 bridgehead atoms. The Kier molecular flexibility index (Phi) is 9.57. The number of aromatic nitrogens is 1. The van der Waals surface area contributed by atoms with Gasteiger partial charge in [-0.25, -0.2) is 18.6 Å². The minimum absolute atomic E-state index is 0.00999. The standard InChI is InChI=1S/C30H32Cl2N4O6S/c1-41-25-12-7-9-21-26(25)27(29(37)34-42-17-19-8-5-6-15-33-19)28(20-14-13-18(31)16-22(20)32)36(30(21)38)24-11-4-3-10-23(24)35-43(2,39)40/h5-9,12-16,23-24,27-28,35H,3-4,10-11,17H2,1-2H3,(H,34,37)/t23-,24?,27+,28-/m0/s1. The van der Waals surface area contributed by atoms with Gasteiger partial charge in [-0.05, 0) is 54.8 Å². The Morgan fingerprint density at radius 1 is 1.09 bits per heavy atom. The molecule has 2 amide bonds. The van der Waals surface area contributed by atoms with Crippen LogP contribution in [0.3, 0.4) is 0 Å². The van der Waals surface area contributed by atoms with Crippen LogP contribution in [0.1, 0.15) is 64.8 Å². The number of ether oxygens (including phenoxy) is 1. The summed E-state index contributed by atoms with van der Waals surface area (Å²) < 4.78 is 33.2. The lowest BCUT2D eigenvalue weighted by Crippen LogP contribution is -2.59. The molecule has 13 heteroatoms. The molecule has 4 atom stereocenters. The first-order valence-electron chi connectivity index (χ1n) is 13.8. The Morgan fingerprint density at radius 2 is 1.88 bits per heavy atom. The van der Waals surface area contributed by atoms with Gasteiger partial charge in [0.25, 0.3) is 11.8 Å². The van der Waals surface area contributed by atoms with Crippen molar-refractivity contribution >= 4 is 45.0 Å². The van der Waals surface area contributed by atoms with Crippen LogP contribution in [0.4, 0.5) is 0 Å². The van der Waals surface area contributed by atoms with Crippen LogP contribution in [-0.2, 0) is 26.3 Å². The third-order valence-electron chi connectivity index (χ3n) is 7.81. The average molecular weight is 648 g/mol. The fourth-order valence-corrected chi connectivity index (χ4v) is 7.45. The van der Waals surface area contributed by atoms with E-state index in [1.807, 2.05) is 6.07 Å². The van der Waals surface area contributed by atoms with Crippen LogP contribution >= 0.6 is 23.2 Å². The lowest BCUT2D eigenvalue weighted by atomic mass is 9.76. The number of hydrogen-bond donors (Lipinski definition) is 2. The summed E-state index contributed by atoms with van der Waals surface area (Å²) in [7, 11) is -2.14. The highest BCUT2D eigenvalue weighted by Crippen LogP contribution is 2.50. The van der Waals surface area contributed by atoms with Gasteiger partial charge in [0.1, 0.15) is 12.4 Å². The molecule has 1 unspecified atom stereocenters. The summed E-state index contributed by atoms with van der Waals surface area (Å²) in [5.74, 6) is -1.61. The first kappa shape index (κ1) is 31.2. The fraction of sp³-hybridized carbons (Fsp3) is 0.367. The van der Waals surface area contributed by atoms with Crippen molar-refractivity contribution in [3.63, 3.8) is 0 Å². The van der Waals surface area contributed by atoms with Gasteiger partial charge in [-0.1, -0.05) is 54.2 Å². The molecule has 5 rings (SSSR count). The number of nitrogens with one attached hydrogen (secondary N) is 2. The SMILES string of the molecule is COc1cccc2c1[C@@H](C(=O)NOCc1ccccn1)[C@H](c1ccc(Cl)cc1Cl)N(C1CCCC[C@@H]1NS(C)(=O)=O)C2=O. The van der Waals surface area contributed by atoms with Crippen molar-refractivity contribution in [2.75, 3.05) is 13.4 Å². The quantitative estimate of drug-likeness (QED) is 0.320. The molecule has 2 aromatic carbocycles. The van der Waals surface area contributed by atoms with Crippen LogP contribution in [0.2, 0.25) is 10.0 Å². The molecule has 1 aliphatic heterocycles. The van der Waals surface area contributed by atoms with E-state index < -0.39 is 40.0 Å². The molecule has 228 valence electrons. The van der Waals surface area contributed by atoms with E-state index in [9.17, 15) is 18.0 Å². The molecule has 1 saturated carbocycles. The molecule has 1 aliphatic carbocycles. The van der Waals surface area contributed by atoms with E-state index in [0.717, 1.165) is 19.1 Å². The third kappa shape index (κ3) is 6.81. The summed E-state index contributed by atoms with van der Waals surface area (Å²) in [5.41, 5.74) is 4.29. The van der Waals surface area contributed by atoms with Gasteiger partial charge in [0.2, 0.25) is 10.0 Å². The molecular weight excluding hydrogens is 615 g/mol. The largest absolute Gasteiger partial charge is 0.496 e. The van der Waals surface area contributed by atoms with Gasteiger partial charge in [0.15, 0.2) is 0 Å². The van der Waals surface area contributed by atoms with Gasteiger partial charge in [0, 0.05) is 39.5 Å². The molecule has 0 saturated heterocycles. The maximum absolute atomic E-state index is 14.5. The summed E-state index contributed by atoms with van der Waals surface area (Å²) in [6.07, 6.45) is 5.32. The zero-order chi connectivity index (χ0) is 30.7. The lowest BCUT2D eigenvalue weighted by Gasteiger charge is -2.49. The number of nitrogens with zero attached hydrogens (tertiary/aromatic N) is 2. The first-order chi connectivity index (χ1) is 20.6. The molecule has 0 radical (unpaired) electrons. The van der Waals surface area contributed by atoms with E-state index in [4.69, 9.17) is 32.8 Å². The average Bonchev–Trinajstić information content (AvgIpc) is 2.97. The van der Waals surface area contributed by atoms with Gasteiger partial charge >= 0.3 is 0 Å². The number of amides is 2. The van der Waals surface area contributed by atoms with E-state index >= 15 is 0 Å². The summed E-state index contributed by atoms with van der Waals surface area (Å²) in [5, 5.41) is 0.638. The number of carbonyl (C=O) groups is 2. The number of fused-ring (bicyclic) bond motifs is 1. The van der Waals surface area contributed by atoms with Crippen molar-refractivity contribution in [1.29, 1.82) is 0 Å². The number of pyridine rings is 1. The number of methoxy groups -OCH3 is 1. The van der Waals surface area contributed by atoms with Crippen LogP contribution in [-0.4, -0.2) is 55.6 Å². The Bertz CT molecular complexity index is 1610. The second-order valence-corrected chi connectivity index (χ2v) is 13.3. The van der Waals surface area contributed by atoms with E-state index in [-0.39, 0.29) is 23.1 Å². The van der Waals surface area contributed by atoms with Crippen molar-refractivity contribution in [3.05, 3.63) is 93.2 Å². The summed E-state index contributed by atoms with van der Waals surface area (Å²) in [6, 6.07) is 13.1. The molecule has 2 aliphatic rings. The number of hydroxylamine groups is 1. The third-order valence-corrected chi connectivity index (χ3v) is 9.11. The molecular formula is C30H32Cl2N4O6S. The van der Waals surface area contributed by atoms with Crippen molar-refractivity contribution in [2.24, 2.45) is 0 Å². The van der Waals surface area contributed by atoms with Crippen LogP contribution in [0, 0.1) is 0 Å². The summed E-state index contributed by atoms with van der Waals surface area (Å²) in [6.45, 7) is 0.00999. The number of rotatable bonds is 9. The van der Waals surface area contributed by atoms with E-state index in [1.165, 1.54) is 7.11 Å². The normalized spacial score (nSPS) is 22.1. The van der Waals surface area contributed by atoms with E-state index in [2.05, 4.69) is 15.2 Å². The number of carbonyl (C=O) groups excluding carboxylic acids is 2. The fourth-order valence-electron chi connectivity index (χ4n) is 6.10. The van der Waals surface area contributed by atoms with Crippen LogP contribution in [0.25, 0.3) is 0 Å². The summed E-state index contributed by atoms with van der Waals surface area (Å²) >= 11 is 13.0. The topological polar surface area (TPSA) is 127 Å². The molecule has 2 N–H and O–H groups in total. The second-order valence-electron chi connectivity index (χ2n) is 10.6. The number of hydrogen-bond acceptors (Lipinski definition) is 7. The predicted octanol–water partition coefficient (Wildman–Crippen LogP) is 4.79. The highest BCUT2D eigenvalue weighted by atomic mass is 35.5. The van der Waals surface area contributed by atoms with Gasteiger partial charge in [-0.15, -0.1) is 0 Å². The minimum Gasteiger partial charge on any atom is -0.496 e. The maximum atomic E-state index is 14.5. The molecule has 1 fully saturated rings. The van der Waals surface area contributed by atoms with E-state index in [1.54, 1.807) is 59.6 Å². The zero-order valence-corrected chi connectivity index (χ0v) is 26.0. The number of sulfonamides is 1. The molecule has 3 aromatic rings. The number of halogens is 2. The summed E-state index contributed by atoms with van der Waals surface area (Å²) in [4.78, 5) is 40.1. The predicted molar refractivity (Wildman–Crippen MR) is 162 cm³/mol. The van der Waals surface area contributed by atoms with Crippen molar-refractivity contribution in [2.45, 2.75) is 56.3 Å². The highest BCUT2D eigenvalue weighted by molar-refractivity contribution is 7.88. The molecule has 1 aromatic heterocycles. The van der Waals surface area contributed by atoms with Crippen LogP contribution in [0.15, 0.2) is 60.8 Å². The Labute approximate surface area is 260 Å². The lowest BCUT2D eigenvalue weighted by molar-refractivity contribution is -0.138. The number of benzene rings is 2. The van der Waals surface area contributed by atoms with Crippen molar-refractivity contribution in [1.82, 2.24) is 20.1 Å². The monoisotopic (exact) mass is 646 g/mol. The Balaban J connectivity index is 1.65. The maximum Gasteiger partial charge on any atom is 0.255 e. The Hall–Kier alpha value is -3.22. The molecule has 10 nitrogen and oxygen atoms in total. The van der Waals surface area contributed by atoms with Crippen LogP contribution in [0.5, 0.6) is 5.75 Å². The van der Waals surface area contributed by atoms with Gasteiger partial charge in [-0.3, -0.25) is 19.4 Å². The van der Waals surface area contributed by atoms with Crippen molar-refractivity contribution in [3.8, 4) is 5.75 Å². The second kappa shape index (κ2) is 13.2. The van der Waals surface area contributed by atoms with E-state index in [0.29, 0.717) is 40.4 Å². The smallest absolute Gasteiger partial charge is 0.255 e. The van der Waals surface area contributed by atoms with Gasteiger partial charge in [0.05, 0.1) is 31.0 Å². The minimum atomic E-state index is -3.60. The van der Waals surface area contributed by atoms with Crippen molar-refractivity contribution < 1.29 is 27.6 Å².